The summed E-state index contributed by atoms with van der Waals surface area (Å²) >= 11 is 0. The first-order valence-electron chi connectivity index (χ1n) is 6.76. The number of aryl methyl sites for hydroxylation is 2. The molecule has 1 aliphatic heterocycles. The highest BCUT2D eigenvalue weighted by atomic mass is 16.4. The molecule has 1 aromatic rings. The van der Waals surface area contributed by atoms with Gasteiger partial charge in [-0.1, -0.05) is 6.07 Å². The first kappa shape index (κ1) is 12.2. The summed E-state index contributed by atoms with van der Waals surface area (Å²) in [5.41, 5.74) is 3.41. The zero-order chi connectivity index (χ0) is 13.4. The summed E-state index contributed by atoms with van der Waals surface area (Å²) in [4.78, 5) is 24.6. The third-order valence-electron chi connectivity index (χ3n) is 4.05. The highest BCUT2D eigenvalue weighted by Gasteiger charge is 2.32. The first-order chi connectivity index (χ1) is 9.13. The molecule has 0 unspecified atom stereocenters. The van der Waals surface area contributed by atoms with E-state index in [9.17, 15) is 9.59 Å². The molecule has 100 valence electrons. The number of hydrogen-bond acceptors (Lipinski definition) is 2. The zero-order valence-corrected chi connectivity index (χ0v) is 10.8. The number of hydrogen-bond donors (Lipinski definition) is 1. The molecule has 0 aromatic heterocycles. The molecule has 0 radical (unpaired) electrons. The summed E-state index contributed by atoms with van der Waals surface area (Å²) in [6.45, 7) is 1.14. The van der Waals surface area contributed by atoms with E-state index < -0.39 is 5.97 Å². The second-order valence-corrected chi connectivity index (χ2v) is 5.51. The maximum Gasteiger partial charge on any atom is 0.303 e. The van der Waals surface area contributed by atoms with E-state index in [-0.39, 0.29) is 18.2 Å². The van der Waals surface area contributed by atoms with Crippen LogP contribution in [0.3, 0.4) is 0 Å². The van der Waals surface area contributed by atoms with Gasteiger partial charge in [0.05, 0.1) is 6.42 Å². The maximum atomic E-state index is 12.2. The van der Waals surface area contributed by atoms with Gasteiger partial charge in [-0.05, 0) is 42.5 Å². The standard InChI is InChI=1S/C15H17NO3/c17-14(18)6-10-8-16(9-10)15(19)13-5-4-11-2-1-3-12(11)7-13/h4-5,7,10H,1-3,6,8-9H2,(H,17,18). The maximum absolute atomic E-state index is 12.2. The van der Waals surface area contributed by atoms with Crippen LogP contribution < -0.4 is 0 Å². The van der Waals surface area contributed by atoms with Gasteiger partial charge in [0.2, 0.25) is 0 Å². The predicted molar refractivity (Wildman–Crippen MR) is 70.1 cm³/mol. The third kappa shape index (κ3) is 2.35. The molecular weight excluding hydrogens is 242 g/mol. The van der Waals surface area contributed by atoms with Gasteiger partial charge in [0.25, 0.3) is 5.91 Å². The van der Waals surface area contributed by atoms with Crippen molar-refractivity contribution in [2.75, 3.05) is 13.1 Å². The topological polar surface area (TPSA) is 57.6 Å². The Kier molecular flexibility index (Phi) is 3.01. The Morgan fingerprint density at radius 1 is 1.21 bits per heavy atom. The Morgan fingerprint density at radius 3 is 2.68 bits per heavy atom. The van der Waals surface area contributed by atoms with Gasteiger partial charge < -0.3 is 10.0 Å². The van der Waals surface area contributed by atoms with Gasteiger partial charge >= 0.3 is 5.97 Å². The number of fused-ring (bicyclic) bond motifs is 1. The summed E-state index contributed by atoms with van der Waals surface area (Å²) in [5, 5.41) is 8.69. The highest BCUT2D eigenvalue weighted by Crippen LogP contribution is 2.26. The van der Waals surface area contributed by atoms with Crippen molar-refractivity contribution >= 4 is 11.9 Å². The minimum atomic E-state index is -0.783. The first-order valence-corrected chi connectivity index (χ1v) is 6.76. The number of carbonyl (C=O) groups is 2. The lowest BCUT2D eigenvalue weighted by Crippen LogP contribution is -2.50. The molecule has 1 amide bonds. The molecule has 0 saturated carbocycles. The number of aliphatic carboxylic acids is 1. The molecule has 1 aliphatic carbocycles. The molecule has 1 aromatic carbocycles. The quantitative estimate of drug-likeness (QED) is 0.899. The van der Waals surface area contributed by atoms with Crippen molar-refractivity contribution in [3.63, 3.8) is 0 Å². The Hall–Kier alpha value is -1.84. The van der Waals surface area contributed by atoms with Crippen molar-refractivity contribution in [2.24, 2.45) is 5.92 Å². The van der Waals surface area contributed by atoms with Crippen LogP contribution in [-0.4, -0.2) is 35.0 Å². The summed E-state index contributed by atoms with van der Waals surface area (Å²) in [6, 6.07) is 5.97. The molecule has 0 bridgehead atoms. The molecule has 3 rings (SSSR count). The van der Waals surface area contributed by atoms with Crippen LogP contribution >= 0.6 is 0 Å². The number of carboxylic acids is 1. The lowest BCUT2D eigenvalue weighted by Gasteiger charge is -2.38. The van der Waals surface area contributed by atoms with Crippen molar-refractivity contribution in [3.05, 3.63) is 34.9 Å². The number of likely N-dealkylation sites (tertiary alicyclic amines) is 1. The Morgan fingerprint density at radius 2 is 1.95 bits per heavy atom. The van der Waals surface area contributed by atoms with Crippen LogP contribution in [0.25, 0.3) is 0 Å². The van der Waals surface area contributed by atoms with Gasteiger partial charge in [-0.3, -0.25) is 9.59 Å². The second kappa shape index (κ2) is 4.68. The van der Waals surface area contributed by atoms with Gasteiger partial charge in [0.15, 0.2) is 0 Å². The van der Waals surface area contributed by atoms with E-state index in [1.54, 1.807) is 4.90 Å². The molecule has 4 nitrogen and oxygen atoms in total. The van der Waals surface area contributed by atoms with Crippen molar-refractivity contribution in [1.82, 2.24) is 4.90 Å². The van der Waals surface area contributed by atoms with Crippen molar-refractivity contribution < 1.29 is 14.7 Å². The van der Waals surface area contributed by atoms with E-state index in [1.807, 2.05) is 12.1 Å². The van der Waals surface area contributed by atoms with Crippen LogP contribution in [0.4, 0.5) is 0 Å². The molecule has 0 atom stereocenters. The molecule has 1 heterocycles. The number of benzene rings is 1. The van der Waals surface area contributed by atoms with Crippen LogP contribution in [0.1, 0.15) is 34.3 Å². The van der Waals surface area contributed by atoms with Crippen LogP contribution in [-0.2, 0) is 17.6 Å². The van der Waals surface area contributed by atoms with Crippen LogP contribution in [0.5, 0.6) is 0 Å². The van der Waals surface area contributed by atoms with E-state index >= 15 is 0 Å². The van der Waals surface area contributed by atoms with Crippen LogP contribution in [0.15, 0.2) is 18.2 Å². The predicted octanol–water partition coefficient (Wildman–Crippen LogP) is 1.72. The number of amides is 1. The second-order valence-electron chi connectivity index (χ2n) is 5.51. The fourth-order valence-electron chi connectivity index (χ4n) is 3.00. The SMILES string of the molecule is O=C(O)CC1CN(C(=O)c2ccc3c(c2)CCC3)C1. The molecule has 4 heteroatoms. The summed E-state index contributed by atoms with van der Waals surface area (Å²) in [6.07, 6.45) is 3.53. The minimum absolute atomic E-state index is 0.0383. The lowest BCUT2D eigenvalue weighted by atomic mass is 9.95. The minimum Gasteiger partial charge on any atom is -0.481 e. The van der Waals surface area contributed by atoms with E-state index in [0.29, 0.717) is 13.1 Å². The highest BCUT2D eigenvalue weighted by molar-refractivity contribution is 5.95. The molecule has 0 spiro atoms. The zero-order valence-electron chi connectivity index (χ0n) is 10.8. The Bertz CT molecular complexity index is 532. The van der Waals surface area contributed by atoms with Crippen molar-refractivity contribution in [1.29, 1.82) is 0 Å². The van der Waals surface area contributed by atoms with Gasteiger partial charge in [0, 0.05) is 24.6 Å². The normalized spacial score (nSPS) is 18.0. The molecule has 2 aliphatic rings. The molecule has 19 heavy (non-hydrogen) atoms. The third-order valence-corrected chi connectivity index (χ3v) is 4.05. The smallest absolute Gasteiger partial charge is 0.303 e. The van der Waals surface area contributed by atoms with Gasteiger partial charge in [-0.25, -0.2) is 0 Å². The number of nitrogens with zero attached hydrogens (tertiary/aromatic N) is 1. The van der Waals surface area contributed by atoms with Gasteiger partial charge in [-0.2, -0.15) is 0 Å². The molecule has 1 fully saturated rings. The van der Waals surface area contributed by atoms with Crippen molar-refractivity contribution in [3.8, 4) is 0 Å². The average Bonchev–Trinajstić information content (AvgIpc) is 2.79. The molecule has 1 saturated heterocycles. The molecular formula is C15H17NO3. The molecule has 1 N–H and O–H groups in total. The van der Waals surface area contributed by atoms with E-state index in [2.05, 4.69) is 6.07 Å². The largest absolute Gasteiger partial charge is 0.481 e. The van der Waals surface area contributed by atoms with Gasteiger partial charge in [0.1, 0.15) is 0 Å². The summed E-state index contributed by atoms with van der Waals surface area (Å²) in [5.74, 6) is -0.623. The number of carboxylic acid groups (broad SMARTS) is 1. The summed E-state index contributed by atoms with van der Waals surface area (Å²) < 4.78 is 0. The van der Waals surface area contributed by atoms with E-state index in [1.165, 1.54) is 17.5 Å². The van der Waals surface area contributed by atoms with Crippen LogP contribution in [0, 0.1) is 5.92 Å². The van der Waals surface area contributed by atoms with Crippen molar-refractivity contribution in [2.45, 2.75) is 25.7 Å². The van der Waals surface area contributed by atoms with E-state index in [4.69, 9.17) is 5.11 Å². The summed E-state index contributed by atoms with van der Waals surface area (Å²) in [7, 11) is 0. The fraction of sp³-hybridized carbons (Fsp3) is 0.467. The van der Waals surface area contributed by atoms with Crippen LogP contribution in [0.2, 0.25) is 0 Å². The fourth-order valence-corrected chi connectivity index (χ4v) is 3.00. The monoisotopic (exact) mass is 259 g/mol. The number of carbonyl (C=O) groups excluding carboxylic acids is 1. The van der Waals surface area contributed by atoms with E-state index in [0.717, 1.165) is 18.4 Å². The Labute approximate surface area is 112 Å². The number of rotatable bonds is 3. The average molecular weight is 259 g/mol. The Balaban J connectivity index is 1.64. The lowest BCUT2D eigenvalue weighted by molar-refractivity contribution is -0.139. The van der Waals surface area contributed by atoms with Gasteiger partial charge in [-0.15, -0.1) is 0 Å².